The second-order valence-corrected chi connectivity index (χ2v) is 7.95. The highest BCUT2D eigenvalue weighted by molar-refractivity contribution is 6.22. The monoisotopic (exact) mass is 434 g/mol. The van der Waals surface area contributed by atoms with Gasteiger partial charge in [-0.1, -0.05) is 31.1 Å². The summed E-state index contributed by atoms with van der Waals surface area (Å²) in [6.07, 6.45) is 2.61. The van der Waals surface area contributed by atoms with E-state index in [4.69, 9.17) is 9.26 Å². The molecule has 0 N–H and O–H groups in total. The first-order valence-electron chi connectivity index (χ1n) is 10.3. The molecule has 0 spiro atoms. The standard InChI is InChI=1S/C23H22N4O5/c1-13(2)11-18(27-21(28)16-8-4-5-9-17(16)22(27)29)23(30)31-14(3)20-25-19(26-32-20)15-7-6-10-24-12-15/h4-10,12-14,18H,11H2,1-3H3/t14-,18+/m1/s1. The van der Waals surface area contributed by atoms with Crippen LogP contribution < -0.4 is 0 Å². The molecule has 0 saturated heterocycles. The van der Waals surface area contributed by atoms with E-state index in [1.807, 2.05) is 13.8 Å². The summed E-state index contributed by atoms with van der Waals surface area (Å²) in [5.41, 5.74) is 1.22. The second kappa shape index (κ2) is 8.70. The molecule has 1 aliphatic heterocycles. The number of nitrogens with zero attached hydrogens (tertiary/aromatic N) is 4. The van der Waals surface area contributed by atoms with Crippen molar-refractivity contribution in [2.75, 3.05) is 0 Å². The number of benzene rings is 1. The van der Waals surface area contributed by atoms with Crippen molar-refractivity contribution in [1.29, 1.82) is 0 Å². The average molecular weight is 434 g/mol. The van der Waals surface area contributed by atoms with Crippen molar-refractivity contribution in [1.82, 2.24) is 20.0 Å². The second-order valence-electron chi connectivity index (χ2n) is 7.95. The Bertz CT molecular complexity index is 1120. The molecule has 9 nitrogen and oxygen atoms in total. The Balaban J connectivity index is 1.54. The number of carbonyl (C=O) groups is 3. The molecule has 0 unspecified atom stereocenters. The summed E-state index contributed by atoms with van der Waals surface area (Å²) in [6, 6.07) is 8.97. The molecule has 0 bridgehead atoms. The van der Waals surface area contributed by atoms with Crippen LogP contribution in [0.15, 0.2) is 53.3 Å². The number of imide groups is 1. The van der Waals surface area contributed by atoms with Crippen molar-refractivity contribution >= 4 is 17.8 Å². The molecule has 2 amide bonds. The predicted octanol–water partition coefficient (Wildman–Crippen LogP) is 3.45. The third kappa shape index (κ3) is 4.01. The van der Waals surface area contributed by atoms with Crippen LogP contribution in [0.1, 0.15) is 59.9 Å². The third-order valence-electron chi connectivity index (χ3n) is 5.11. The summed E-state index contributed by atoms with van der Waals surface area (Å²) in [5.74, 6) is -1.26. The number of aromatic nitrogens is 3. The molecule has 0 radical (unpaired) electrons. The highest BCUT2D eigenvalue weighted by Crippen LogP contribution is 2.29. The van der Waals surface area contributed by atoms with E-state index in [1.165, 1.54) is 0 Å². The zero-order valence-electron chi connectivity index (χ0n) is 17.9. The first-order valence-corrected chi connectivity index (χ1v) is 10.3. The topological polar surface area (TPSA) is 115 Å². The van der Waals surface area contributed by atoms with Crippen molar-refractivity contribution < 1.29 is 23.6 Å². The molecular formula is C23H22N4O5. The highest BCUT2D eigenvalue weighted by atomic mass is 16.6. The maximum Gasteiger partial charge on any atom is 0.330 e. The number of esters is 1. The quantitative estimate of drug-likeness (QED) is 0.410. The minimum absolute atomic E-state index is 0.0350. The van der Waals surface area contributed by atoms with Crippen molar-refractivity contribution in [3.63, 3.8) is 0 Å². The molecule has 3 aromatic rings. The van der Waals surface area contributed by atoms with Crippen LogP contribution in [0.3, 0.4) is 0 Å². The largest absolute Gasteiger partial charge is 0.451 e. The van der Waals surface area contributed by atoms with Crippen LogP contribution in [0.4, 0.5) is 0 Å². The molecule has 1 aliphatic rings. The Labute approximate surface area is 184 Å². The fraction of sp³-hybridized carbons (Fsp3) is 0.304. The minimum Gasteiger partial charge on any atom is -0.451 e. The average Bonchev–Trinajstić information content (AvgIpc) is 3.37. The predicted molar refractivity (Wildman–Crippen MR) is 112 cm³/mol. The van der Waals surface area contributed by atoms with Gasteiger partial charge in [0.15, 0.2) is 6.10 Å². The first kappa shape index (κ1) is 21.4. The number of hydrogen-bond donors (Lipinski definition) is 0. The maximum absolute atomic E-state index is 13.1. The lowest BCUT2D eigenvalue weighted by Crippen LogP contribution is -2.46. The molecule has 9 heteroatoms. The molecule has 32 heavy (non-hydrogen) atoms. The van der Waals surface area contributed by atoms with Gasteiger partial charge in [0.2, 0.25) is 5.82 Å². The molecule has 1 aromatic carbocycles. The molecule has 2 atom stereocenters. The molecule has 3 heterocycles. The fourth-order valence-electron chi connectivity index (χ4n) is 3.56. The van der Waals surface area contributed by atoms with E-state index >= 15 is 0 Å². The van der Waals surface area contributed by atoms with Gasteiger partial charge in [0, 0.05) is 18.0 Å². The summed E-state index contributed by atoms with van der Waals surface area (Å²) in [4.78, 5) is 48.2. The Morgan fingerprint density at radius 3 is 2.34 bits per heavy atom. The smallest absolute Gasteiger partial charge is 0.330 e. The number of ether oxygens (including phenoxy) is 1. The number of pyridine rings is 1. The van der Waals surface area contributed by atoms with Gasteiger partial charge in [-0.3, -0.25) is 19.5 Å². The Hall–Kier alpha value is -3.88. The van der Waals surface area contributed by atoms with Crippen LogP contribution in [0.2, 0.25) is 0 Å². The molecule has 4 rings (SSSR count). The number of amides is 2. The lowest BCUT2D eigenvalue weighted by Gasteiger charge is -2.26. The van der Waals surface area contributed by atoms with Gasteiger partial charge < -0.3 is 9.26 Å². The van der Waals surface area contributed by atoms with Crippen LogP contribution in [-0.2, 0) is 9.53 Å². The van der Waals surface area contributed by atoms with Crippen LogP contribution in [0, 0.1) is 5.92 Å². The van der Waals surface area contributed by atoms with Gasteiger partial charge in [0.25, 0.3) is 17.7 Å². The molecule has 164 valence electrons. The summed E-state index contributed by atoms with van der Waals surface area (Å²) >= 11 is 0. The lowest BCUT2D eigenvalue weighted by atomic mass is 10.0. The van der Waals surface area contributed by atoms with E-state index in [9.17, 15) is 14.4 Å². The third-order valence-corrected chi connectivity index (χ3v) is 5.11. The summed E-state index contributed by atoms with van der Waals surface area (Å²) in [6.45, 7) is 5.40. The van der Waals surface area contributed by atoms with E-state index in [-0.39, 0.29) is 29.4 Å². The fourth-order valence-corrected chi connectivity index (χ4v) is 3.56. The van der Waals surface area contributed by atoms with Crippen molar-refractivity contribution in [2.24, 2.45) is 5.92 Å². The number of fused-ring (bicyclic) bond motifs is 1. The Morgan fingerprint density at radius 1 is 1.06 bits per heavy atom. The zero-order valence-corrected chi connectivity index (χ0v) is 17.9. The number of rotatable bonds is 7. The minimum atomic E-state index is -1.06. The van der Waals surface area contributed by atoms with Crippen molar-refractivity contribution in [3.05, 3.63) is 65.8 Å². The Morgan fingerprint density at radius 2 is 1.75 bits per heavy atom. The van der Waals surface area contributed by atoms with Gasteiger partial charge in [-0.05, 0) is 43.5 Å². The van der Waals surface area contributed by atoms with Gasteiger partial charge in [-0.2, -0.15) is 4.98 Å². The molecule has 2 aromatic heterocycles. The van der Waals surface area contributed by atoms with E-state index in [2.05, 4.69) is 15.1 Å². The molecular weight excluding hydrogens is 412 g/mol. The van der Waals surface area contributed by atoms with Gasteiger partial charge in [-0.15, -0.1) is 0 Å². The van der Waals surface area contributed by atoms with E-state index in [1.54, 1.807) is 55.7 Å². The van der Waals surface area contributed by atoms with Crippen LogP contribution >= 0.6 is 0 Å². The summed E-state index contributed by atoms with van der Waals surface area (Å²) in [7, 11) is 0. The summed E-state index contributed by atoms with van der Waals surface area (Å²) in [5, 5.41) is 3.90. The number of hydrogen-bond acceptors (Lipinski definition) is 8. The van der Waals surface area contributed by atoms with Crippen LogP contribution in [0.5, 0.6) is 0 Å². The molecule has 0 saturated carbocycles. The maximum atomic E-state index is 13.1. The van der Waals surface area contributed by atoms with Gasteiger partial charge >= 0.3 is 5.97 Å². The van der Waals surface area contributed by atoms with Gasteiger partial charge in [0.1, 0.15) is 6.04 Å². The lowest BCUT2D eigenvalue weighted by molar-refractivity contribution is -0.155. The normalized spacial score (nSPS) is 15.1. The van der Waals surface area contributed by atoms with Gasteiger partial charge in [-0.25, -0.2) is 4.79 Å². The molecule has 0 fully saturated rings. The molecule has 0 aliphatic carbocycles. The zero-order chi connectivity index (χ0) is 22.8. The van der Waals surface area contributed by atoms with E-state index < -0.39 is 29.9 Å². The summed E-state index contributed by atoms with van der Waals surface area (Å²) < 4.78 is 10.8. The SMILES string of the molecule is CC(C)C[C@@H](C(=O)O[C@H](C)c1nc(-c2cccnc2)no1)N1C(=O)c2ccccc2C1=O. The van der Waals surface area contributed by atoms with Crippen molar-refractivity contribution in [2.45, 2.75) is 39.3 Å². The van der Waals surface area contributed by atoms with E-state index in [0.29, 0.717) is 11.4 Å². The van der Waals surface area contributed by atoms with Crippen LogP contribution in [-0.4, -0.2) is 43.9 Å². The highest BCUT2D eigenvalue weighted by Gasteiger charge is 2.44. The van der Waals surface area contributed by atoms with Crippen LogP contribution in [0.25, 0.3) is 11.4 Å². The van der Waals surface area contributed by atoms with Gasteiger partial charge in [0.05, 0.1) is 11.1 Å². The Kier molecular flexibility index (Phi) is 5.81. The number of carbonyl (C=O) groups excluding carboxylic acids is 3. The van der Waals surface area contributed by atoms with E-state index in [0.717, 1.165) is 4.90 Å². The van der Waals surface area contributed by atoms with Crippen molar-refractivity contribution in [3.8, 4) is 11.4 Å². The first-order chi connectivity index (χ1) is 15.4.